The van der Waals surface area contributed by atoms with Gasteiger partial charge in [0.25, 0.3) is 0 Å². The Labute approximate surface area is 189 Å². The molecule has 0 saturated carbocycles. The number of thiol groups is 1. The Morgan fingerprint density at radius 3 is 1.91 bits per heavy atom. The SMILES string of the molecule is NC(CO)C(=O)NC(CS)C(=O)NC(Cc1ccccc1)C(=O)NC(CC(=O)O)C(=O)O. The van der Waals surface area contributed by atoms with E-state index in [9.17, 15) is 24.0 Å². The zero-order chi connectivity index (χ0) is 24.3. The van der Waals surface area contributed by atoms with Crippen molar-refractivity contribution in [2.75, 3.05) is 12.4 Å². The molecule has 13 heteroatoms. The fourth-order valence-electron chi connectivity index (χ4n) is 2.53. The Morgan fingerprint density at radius 2 is 1.41 bits per heavy atom. The van der Waals surface area contributed by atoms with Crippen molar-refractivity contribution >= 4 is 42.3 Å². The van der Waals surface area contributed by atoms with Crippen molar-refractivity contribution in [2.45, 2.75) is 37.0 Å². The third-order valence-corrected chi connectivity index (χ3v) is 4.62. The molecule has 0 heterocycles. The van der Waals surface area contributed by atoms with E-state index in [4.69, 9.17) is 21.1 Å². The monoisotopic (exact) mass is 470 g/mol. The van der Waals surface area contributed by atoms with Crippen molar-refractivity contribution in [1.29, 1.82) is 0 Å². The Bertz CT molecular complexity index is 823. The van der Waals surface area contributed by atoms with Gasteiger partial charge in [0.2, 0.25) is 17.7 Å². The maximum Gasteiger partial charge on any atom is 0.326 e. The maximum atomic E-state index is 12.7. The molecule has 0 aliphatic heterocycles. The second kappa shape index (κ2) is 13.3. The van der Waals surface area contributed by atoms with Crippen LogP contribution in [-0.4, -0.2) is 81.5 Å². The molecule has 8 N–H and O–H groups in total. The second-order valence-corrected chi connectivity index (χ2v) is 7.15. The lowest BCUT2D eigenvalue weighted by Gasteiger charge is -2.24. The van der Waals surface area contributed by atoms with Crippen LogP contribution in [0.25, 0.3) is 0 Å². The molecule has 1 rings (SSSR count). The lowest BCUT2D eigenvalue weighted by Crippen LogP contribution is -2.58. The van der Waals surface area contributed by atoms with Crippen LogP contribution in [0.4, 0.5) is 0 Å². The largest absolute Gasteiger partial charge is 0.481 e. The first-order valence-corrected chi connectivity index (χ1v) is 10.1. The number of hydrogen-bond donors (Lipinski definition) is 8. The van der Waals surface area contributed by atoms with E-state index in [0.717, 1.165) is 0 Å². The number of nitrogens with two attached hydrogens (primary N) is 1. The number of carbonyl (C=O) groups excluding carboxylic acids is 3. The number of amides is 3. The lowest BCUT2D eigenvalue weighted by atomic mass is 10.0. The number of carbonyl (C=O) groups is 5. The van der Waals surface area contributed by atoms with Crippen molar-refractivity contribution in [3.05, 3.63) is 35.9 Å². The van der Waals surface area contributed by atoms with Crippen LogP contribution in [-0.2, 0) is 30.4 Å². The molecule has 12 nitrogen and oxygen atoms in total. The van der Waals surface area contributed by atoms with Gasteiger partial charge >= 0.3 is 11.9 Å². The summed E-state index contributed by atoms with van der Waals surface area (Å²) in [6, 6.07) is 3.02. The Hall–Kier alpha value is -3.16. The summed E-state index contributed by atoms with van der Waals surface area (Å²) in [7, 11) is 0. The molecule has 4 unspecified atom stereocenters. The predicted octanol–water partition coefficient (Wildman–Crippen LogP) is -2.51. The number of carboxylic acids is 2. The first-order valence-electron chi connectivity index (χ1n) is 9.46. The van der Waals surface area contributed by atoms with Crippen LogP contribution in [0.1, 0.15) is 12.0 Å². The van der Waals surface area contributed by atoms with Gasteiger partial charge in [-0.2, -0.15) is 12.6 Å². The Morgan fingerprint density at radius 1 is 0.875 bits per heavy atom. The molecule has 1 aromatic carbocycles. The molecule has 0 saturated heterocycles. The molecule has 0 aromatic heterocycles. The molecule has 3 amide bonds. The summed E-state index contributed by atoms with van der Waals surface area (Å²) in [6.45, 7) is -0.647. The highest BCUT2D eigenvalue weighted by molar-refractivity contribution is 7.80. The van der Waals surface area contributed by atoms with Crippen LogP contribution in [0.15, 0.2) is 30.3 Å². The van der Waals surface area contributed by atoms with Gasteiger partial charge in [0.15, 0.2) is 0 Å². The zero-order valence-corrected chi connectivity index (χ0v) is 17.8. The normalized spacial score (nSPS) is 14.3. The summed E-state index contributed by atoms with van der Waals surface area (Å²) in [5.74, 6) is -5.68. The fraction of sp³-hybridized carbons (Fsp3) is 0.421. The minimum absolute atomic E-state index is 0.0405. The van der Waals surface area contributed by atoms with E-state index < -0.39 is 66.9 Å². The number of nitrogens with one attached hydrogen (secondary N) is 3. The van der Waals surface area contributed by atoms with Gasteiger partial charge in [-0.25, -0.2) is 4.79 Å². The third-order valence-electron chi connectivity index (χ3n) is 4.26. The number of aliphatic hydroxyl groups is 1. The standard InChI is InChI=1S/C19H26N4O8S/c20-11(8-24)16(27)23-14(9-32)18(29)21-12(6-10-4-2-1-3-5-10)17(28)22-13(19(30)31)7-15(25)26/h1-5,11-14,24,32H,6-9,20H2,(H,21,29)(H,22,28)(H,23,27)(H,25,26)(H,30,31). The zero-order valence-electron chi connectivity index (χ0n) is 16.9. The first kappa shape index (κ1) is 26.9. The van der Waals surface area contributed by atoms with Crippen LogP contribution in [0.5, 0.6) is 0 Å². The average molecular weight is 471 g/mol. The van der Waals surface area contributed by atoms with E-state index in [1.165, 1.54) is 0 Å². The number of aliphatic hydroxyl groups excluding tert-OH is 1. The van der Waals surface area contributed by atoms with Gasteiger partial charge in [-0.1, -0.05) is 30.3 Å². The highest BCUT2D eigenvalue weighted by Gasteiger charge is 2.30. The molecule has 0 radical (unpaired) electrons. The quantitative estimate of drug-likeness (QED) is 0.143. The van der Waals surface area contributed by atoms with E-state index in [0.29, 0.717) is 5.56 Å². The maximum absolute atomic E-state index is 12.7. The molecule has 1 aromatic rings. The minimum atomic E-state index is -1.71. The number of carboxylic acid groups (broad SMARTS) is 2. The summed E-state index contributed by atoms with van der Waals surface area (Å²) in [4.78, 5) is 59.4. The average Bonchev–Trinajstić information content (AvgIpc) is 2.75. The first-order chi connectivity index (χ1) is 15.1. The van der Waals surface area contributed by atoms with Gasteiger partial charge < -0.3 is 37.0 Å². The van der Waals surface area contributed by atoms with Crippen LogP contribution in [0, 0.1) is 0 Å². The molecule has 4 atom stereocenters. The fourth-order valence-corrected chi connectivity index (χ4v) is 2.79. The van der Waals surface area contributed by atoms with E-state index in [1.54, 1.807) is 30.3 Å². The summed E-state index contributed by atoms with van der Waals surface area (Å²) in [5.41, 5.74) is 6.04. The van der Waals surface area contributed by atoms with Crippen molar-refractivity contribution < 1.29 is 39.3 Å². The molecule has 0 aliphatic carbocycles. The van der Waals surface area contributed by atoms with E-state index >= 15 is 0 Å². The van der Waals surface area contributed by atoms with Gasteiger partial charge in [-0.3, -0.25) is 19.2 Å². The number of aliphatic carboxylic acids is 2. The van der Waals surface area contributed by atoms with Crippen LogP contribution >= 0.6 is 12.6 Å². The molecule has 0 bridgehead atoms. The number of rotatable bonds is 13. The lowest BCUT2D eigenvalue weighted by molar-refractivity contribution is -0.147. The summed E-state index contributed by atoms with van der Waals surface area (Å²) < 4.78 is 0. The van der Waals surface area contributed by atoms with Crippen molar-refractivity contribution in [3.8, 4) is 0 Å². The molecular formula is C19H26N4O8S. The van der Waals surface area contributed by atoms with E-state index in [1.807, 2.05) is 0 Å². The molecule has 0 fully saturated rings. The van der Waals surface area contributed by atoms with Crippen molar-refractivity contribution in [2.24, 2.45) is 5.73 Å². The second-order valence-electron chi connectivity index (χ2n) is 6.78. The van der Waals surface area contributed by atoms with Gasteiger partial charge in [-0.05, 0) is 5.56 Å². The highest BCUT2D eigenvalue weighted by atomic mass is 32.1. The van der Waals surface area contributed by atoms with Gasteiger partial charge in [0.05, 0.1) is 13.0 Å². The van der Waals surface area contributed by atoms with Crippen molar-refractivity contribution in [1.82, 2.24) is 16.0 Å². The van der Waals surface area contributed by atoms with Crippen LogP contribution < -0.4 is 21.7 Å². The topological polar surface area (TPSA) is 208 Å². The third kappa shape index (κ3) is 8.91. The number of benzene rings is 1. The Balaban J connectivity index is 3.03. The van der Waals surface area contributed by atoms with E-state index in [-0.39, 0.29) is 12.2 Å². The molecule has 0 aliphatic rings. The molecular weight excluding hydrogens is 444 g/mol. The summed E-state index contributed by atoms with van der Waals surface area (Å²) in [5, 5.41) is 33.8. The van der Waals surface area contributed by atoms with Crippen LogP contribution in [0.3, 0.4) is 0 Å². The number of hydrogen-bond acceptors (Lipinski definition) is 8. The Kier molecular flexibility index (Phi) is 11.2. The minimum Gasteiger partial charge on any atom is -0.481 e. The van der Waals surface area contributed by atoms with Gasteiger partial charge in [0.1, 0.15) is 24.2 Å². The molecule has 32 heavy (non-hydrogen) atoms. The van der Waals surface area contributed by atoms with Crippen molar-refractivity contribution in [3.63, 3.8) is 0 Å². The molecule has 0 spiro atoms. The predicted molar refractivity (Wildman–Crippen MR) is 115 cm³/mol. The van der Waals surface area contributed by atoms with Gasteiger partial charge in [-0.15, -0.1) is 0 Å². The molecule has 176 valence electrons. The summed E-state index contributed by atoms with van der Waals surface area (Å²) >= 11 is 4.00. The smallest absolute Gasteiger partial charge is 0.326 e. The summed E-state index contributed by atoms with van der Waals surface area (Å²) in [6.07, 6.45) is -0.900. The van der Waals surface area contributed by atoms with Gasteiger partial charge in [0, 0.05) is 12.2 Å². The highest BCUT2D eigenvalue weighted by Crippen LogP contribution is 2.06. The van der Waals surface area contributed by atoms with Crippen LogP contribution in [0.2, 0.25) is 0 Å². The van der Waals surface area contributed by atoms with E-state index in [2.05, 4.69) is 28.6 Å².